The molecule has 1 aliphatic carbocycles. The number of carbonyl (C=O) groups is 2. The van der Waals surface area contributed by atoms with Crippen LogP contribution in [-0.2, 0) is 11.2 Å². The number of rotatable bonds is 5. The number of hydrogen-bond donors (Lipinski definition) is 1. The third kappa shape index (κ3) is 3.50. The van der Waals surface area contributed by atoms with Crippen LogP contribution in [0.4, 0.5) is 0 Å². The Morgan fingerprint density at radius 2 is 1.65 bits per heavy atom. The maximum absolute atomic E-state index is 12.6. The third-order valence-corrected chi connectivity index (χ3v) is 5.69. The van der Waals surface area contributed by atoms with Gasteiger partial charge < -0.3 is 10.2 Å². The van der Waals surface area contributed by atoms with E-state index in [9.17, 15) is 9.59 Å². The average molecular weight is 348 g/mol. The average Bonchev–Trinajstić information content (AvgIpc) is 3.28. The van der Waals surface area contributed by atoms with Gasteiger partial charge in [-0.2, -0.15) is 0 Å². The number of amides is 2. The van der Waals surface area contributed by atoms with E-state index in [1.54, 1.807) is 0 Å². The molecule has 0 spiro atoms. The summed E-state index contributed by atoms with van der Waals surface area (Å²) < 4.78 is 0. The smallest absolute Gasteiger partial charge is 0.251 e. The monoisotopic (exact) mass is 348 g/mol. The van der Waals surface area contributed by atoms with Crippen LogP contribution < -0.4 is 5.32 Å². The molecule has 4 rings (SSSR count). The zero-order valence-electron chi connectivity index (χ0n) is 14.8. The number of carbonyl (C=O) groups excluding carboxylic acids is 2. The van der Waals surface area contributed by atoms with Crippen LogP contribution in [0.25, 0.3) is 0 Å². The quantitative estimate of drug-likeness (QED) is 0.903. The molecule has 2 aliphatic rings. The number of hydrogen-bond acceptors (Lipinski definition) is 2. The summed E-state index contributed by atoms with van der Waals surface area (Å²) in [7, 11) is 0. The molecule has 2 amide bonds. The van der Waals surface area contributed by atoms with E-state index < -0.39 is 0 Å². The molecular weight excluding hydrogens is 324 g/mol. The normalized spacial score (nSPS) is 23.8. The van der Waals surface area contributed by atoms with Gasteiger partial charge in [0.15, 0.2) is 0 Å². The first-order chi connectivity index (χ1) is 12.7. The summed E-state index contributed by atoms with van der Waals surface area (Å²) in [5, 5.41) is 3.17. The van der Waals surface area contributed by atoms with Gasteiger partial charge in [0.2, 0.25) is 5.91 Å². The molecular formula is C22H24N2O2. The molecule has 4 nitrogen and oxygen atoms in total. The SMILES string of the molecule is O=C(N[C@H]1C[C@@H]2C[C@H]1CN2C(=O)CCc1ccccc1)c1ccccc1. The van der Waals surface area contributed by atoms with E-state index in [0.717, 1.165) is 25.8 Å². The highest BCUT2D eigenvalue weighted by molar-refractivity contribution is 5.94. The fourth-order valence-corrected chi connectivity index (χ4v) is 4.32. The summed E-state index contributed by atoms with van der Waals surface area (Å²) >= 11 is 0. The second kappa shape index (κ2) is 7.32. The van der Waals surface area contributed by atoms with Crippen molar-refractivity contribution in [3.05, 3.63) is 71.8 Å². The van der Waals surface area contributed by atoms with Gasteiger partial charge >= 0.3 is 0 Å². The highest BCUT2D eigenvalue weighted by Crippen LogP contribution is 2.38. The summed E-state index contributed by atoms with van der Waals surface area (Å²) in [4.78, 5) is 27.0. The molecule has 1 saturated heterocycles. The zero-order valence-corrected chi connectivity index (χ0v) is 14.8. The highest BCUT2D eigenvalue weighted by Gasteiger charge is 2.46. The van der Waals surface area contributed by atoms with Crippen molar-refractivity contribution < 1.29 is 9.59 Å². The van der Waals surface area contributed by atoms with Crippen LogP contribution in [-0.4, -0.2) is 35.3 Å². The van der Waals surface area contributed by atoms with Crippen LogP contribution in [0.3, 0.4) is 0 Å². The van der Waals surface area contributed by atoms with Gasteiger partial charge in [0.05, 0.1) is 0 Å². The van der Waals surface area contributed by atoms with Crippen molar-refractivity contribution in [2.75, 3.05) is 6.54 Å². The minimum atomic E-state index is -0.00916. The Kier molecular flexibility index (Phi) is 4.74. The molecule has 134 valence electrons. The Morgan fingerprint density at radius 1 is 0.962 bits per heavy atom. The Morgan fingerprint density at radius 3 is 2.31 bits per heavy atom. The van der Waals surface area contributed by atoms with E-state index in [0.29, 0.717) is 17.9 Å². The summed E-state index contributed by atoms with van der Waals surface area (Å²) in [6.07, 6.45) is 3.24. The van der Waals surface area contributed by atoms with Crippen LogP contribution in [0.5, 0.6) is 0 Å². The lowest BCUT2D eigenvalue weighted by Gasteiger charge is -2.32. The molecule has 2 bridgehead atoms. The molecule has 1 aliphatic heterocycles. The fourth-order valence-electron chi connectivity index (χ4n) is 4.32. The molecule has 0 radical (unpaired) electrons. The van der Waals surface area contributed by atoms with E-state index >= 15 is 0 Å². The van der Waals surface area contributed by atoms with Crippen LogP contribution in [0.15, 0.2) is 60.7 Å². The van der Waals surface area contributed by atoms with E-state index in [2.05, 4.69) is 17.4 Å². The Bertz CT molecular complexity index is 775. The number of fused-ring (bicyclic) bond motifs is 2. The molecule has 2 fully saturated rings. The molecule has 2 aromatic carbocycles. The Labute approximate surface area is 154 Å². The molecule has 3 atom stereocenters. The van der Waals surface area contributed by atoms with Gasteiger partial charge in [0, 0.05) is 30.6 Å². The first-order valence-corrected chi connectivity index (χ1v) is 9.40. The Hall–Kier alpha value is -2.62. The molecule has 1 N–H and O–H groups in total. The van der Waals surface area contributed by atoms with Gasteiger partial charge in [-0.25, -0.2) is 0 Å². The van der Waals surface area contributed by atoms with Crippen LogP contribution >= 0.6 is 0 Å². The van der Waals surface area contributed by atoms with Gasteiger partial charge in [-0.1, -0.05) is 48.5 Å². The van der Waals surface area contributed by atoms with Gasteiger partial charge in [-0.3, -0.25) is 9.59 Å². The molecule has 2 aromatic rings. The second-order valence-electron chi connectivity index (χ2n) is 7.36. The van der Waals surface area contributed by atoms with E-state index in [4.69, 9.17) is 0 Å². The first kappa shape index (κ1) is 16.8. The molecule has 4 heteroatoms. The predicted octanol–water partition coefficient (Wildman–Crippen LogP) is 3.04. The number of nitrogens with one attached hydrogen (secondary N) is 1. The van der Waals surface area contributed by atoms with Gasteiger partial charge in [-0.05, 0) is 42.9 Å². The van der Waals surface area contributed by atoms with Crippen molar-refractivity contribution in [1.29, 1.82) is 0 Å². The fraction of sp³-hybridized carbons (Fsp3) is 0.364. The molecule has 26 heavy (non-hydrogen) atoms. The van der Waals surface area contributed by atoms with Crippen molar-refractivity contribution in [2.24, 2.45) is 5.92 Å². The largest absolute Gasteiger partial charge is 0.349 e. The molecule has 1 heterocycles. The summed E-state index contributed by atoms with van der Waals surface area (Å²) in [6, 6.07) is 20.0. The van der Waals surface area contributed by atoms with Crippen molar-refractivity contribution >= 4 is 11.8 Å². The second-order valence-corrected chi connectivity index (χ2v) is 7.36. The van der Waals surface area contributed by atoms with E-state index in [-0.39, 0.29) is 23.9 Å². The van der Waals surface area contributed by atoms with E-state index in [1.807, 2.05) is 53.4 Å². The van der Waals surface area contributed by atoms with Gasteiger partial charge in [-0.15, -0.1) is 0 Å². The van der Waals surface area contributed by atoms with Crippen LogP contribution in [0.2, 0.25) is 0 Å². The summed E-state index contributed by atoms with van der Waals surface area (Å²) in [5.41, 5.74) is 1.91. The highest BCUT2D eigenvalue weighted by atomic mass is 16.2. The topological polar surface area (TPSA) is 49.4 Å². The van der Waals surface area contributed by atoms with Crippen molar-refractivity contribution in [1.82, 2.24) is 10.2 Å². The predicted molar refractivity (Wildman–Crippen MR) is 101 cm³/mol. The first-order valence-electron chi connectivity index (χ1n) is 9.40. The zero-order chi connectivity index (χ0) is 17.9. The van der Waals surface area contributed by atoms with E-state index in [1.165, 1.54) is 5.56 Å². The Balaban J connectivity index is 1.29. The maximum atomic E-state index is 12.6. The minimum absolute atomic E-state index is 0.00916. The van der Waals surface area contributed by atoms with Crippen LogP contribution in [0, 0.1) is 5.92 Å². The van der Waals surface area contributed by atoms with Crippen LogP contribution in [0.1, 0.15) is 35.2 Å². The summed E-state index contributed by atoms with van der Waals surface area (Å²) in [5.74, 6) is 0.618. The molecule has 0 unspecified atom stereocenters. The number of benzene rings is 2. The molecule has 0 aromatic heterocycles. The van der Waals surface area contributed by atoms with Crippen molar-refractivity contribution in [3.8, 4) is 0 Å². The maximum Gasteiger partial charge on any atom is 0.251 e. The minimum Gasteiger partial charge on any atom is -0.349 e. The standard InChI is InChI=1S/C22H24N2O2/c25-21(12-11-16-7-3-1-4-8-16)24-15-18-13-19(24)14-20(18)23-22(26)17-9-5-2-6-10-17/h1-10,18-20H,11-15H2,(H,23,26)/t18-,19-,20-/m0/s1. The number of aryl methyl sites for hydroxylation is 1. The lowest BCUT2D eigenvalue weighted by molar-refractivity contribution is -0.132. The number of likely N-dealkylation sites (tertiary alicyclic amines) is 1. The number of nitrogens with zero attached hydrogens (tertiary/aromatic N) is 1. The lowest BCUT2D eigenvalue weighted by atomic mass is 10.0. The third-order valence-electron chi connectivity index (χ3n) is 5.69. The summed E-state index contributed by atoms with van der Waals surface area (Å²) in [6.45, 7) is 0.776. The number of piperidine rings is 1. The van der Waals surface area contributed by atoms with Gasteiger partial charge in [0.25, 0.3) is 5.91 Å². The van der Waals surface area contributed by atoms with Crippen molar-refractivity contribution in [3.63, 3.8) is 0 Å². The molecule has 1 saturated carbocycles. The van der Waals surface area contributed by atoms with Gasteiger partial charge in [0.1, 0.15) is 0 Å². The lowest BCUT2D eigenvalue weighted by Crippen LogP contribution is -2.47. The van der Waals surface area contributed by atoms with Crippen molar-refractivity contribution in [2.45, 2.75) is 37.8 Å².